The number of hydrogen-bond acceptors (Lipinski definition) is 4. The van der Waals surface area contributed by atoms with Gasteiger partial charge in [-0.25, -0.2) is 0 Å². The van der Waals surface area contributed by atoms with E-state index in [9.17, 15) is 5.11 Å². The van der Waals surface area contributed by atoms with Crippen LogP contribution in [0.3, 0.4) is 0 Å². The zero-order valence-electron chi connectivity index (χ0n) is 17.4. The molecule has 150 valence electrons. The first kappa shape index (κ1) is 22.8. The zero-order chi connectivity index (χ0) is 19.6. The maximum atomic E-state index is 9.60. The molecule has 1 aromatic rings. The third-order valence-corrected chi connectivity index (χ3v) is 5.23. The molecule has 0 saturated carbocycles. The molecule has 0 saturated heterocycles. The molecule has 1 unspecified atom stereocenters. The molecule has 0 spiro atoms. The molecule has 4 nitrogen and oxygen atoms in total. The highest BCUT2D eigenvalue weighted by atomic mass is 16.5. The third kappa shape index (κ3) is 7.55. The van der Waals surface area contributed by atoms with E-state index < -0.39 is 5.54 Å². The summed E-state index contributed by atoms with van der Waals surface area (Å²) >= 11 is 0. The lowest BCUT2D eigenvalue weighted by Crippen LogP contribution is -2.48. The summed E-state index contributed by atoms with van der Waals surface area (Å²) in [5, 5.41) is 9.60. The lowest BCUT2D eigenvalue weighted by Gasteiger charge is -2.31. The average Bonchev–Trinajstić information content (AvgIpc) is 2.62. The first-order chi connectivity index (χ1) is 12.3. The molecule has 1 atom stereocenters. The van der Waals surface area contributed by atoms with Crippen LogP contribution >= 0.6 is 0 Å². The smallest absolute Gasteiger partial charge is 0.161 e. The van der Waals surface area contributed by atoms with Gasteiger partial charge in [-0.3, -0.25) is 0 Å². The summed E-state index contributed by atoms with van der Waals surface area (Å²) in [4.78, 5) is 0. The van der Waals surface area contributed by atoms with E-state index >= 15 is 0 Å². The molecule has 1 rings (SSSR count). The van der Waals surface area contributed by atoms with Gasteiger partial charge >= 0.3 is 0 Å². The van der Waals surface area contributed by atoms with Crippen LogP contribution in [0.5, 0.6) is 11.5 Å². The minimum atomic E-state index is -0.543. The molecule has 0 radical (unpaired) electrons. The van der Waals surface area contributed by atoms with Gasteiger partial charge in [0.25, 0.3) is 0 Å². The zero-order valence-corrected chi connectivity index (χ0v) is 17.4. The number of rotatable bonds is 13. The lowest BCUT2D eigenvalue weighted by molar-refractivity contribution is 0.146. The second-order valence-electron chi connectivity index (χ2n) is 8.12. The minimum Gasteiger partial charge on any atom is -0.493 e. The molecular weight excluding hydrogens is 326 g/mol. The Kier molecular flexibility index (Phi) is 10.0. The summed E-state index contributed by atoms with van der Waals surface area (Å²) in [7, 11) is 1.67. The average molecular weight is 366 g/mol. The number of benzene rings is 1. The molecule has 0 amide bonds. The normalized spacial score (nSPS) is 13.9. The highest BCUT2D eigenvalue weighted by Crippen LogP contribution is 2.30. The second-order valence-corrected chi connectivity index (χ2v) is 8.12. The molecule has 0 aliphatic rings. The van der Waals surface area contributed by atoms with Gasteiger partial charge in [0.2, 0.25) is 0 Å². The van der Waals surface area contributed by atoms with Crippen LogP contribution in [0.15, 0.2) is 18.2 Å². The van der Waals surface area contributed by atoms with Gasteiger partial charge < -0.3 is 20.3 Å². The fraction of sp³-hybridized carbons (Fsp3) is 0.727. The maximum Gasteiger partial charge on any atom is 0.161 e. The van der Waals surface area contributed by atoms with Crippen LogP contribution in [-0.4, -0.2) is 31.0 Å². The topological polar surface area (TPSA) is 64.7 Å². The van der Waals surface area contributed by atoms with E-state index in [4.69, 9.17) is 15.2 Å². The summed E-state index contributed by atoms with van der Waals surface area (Å²) in [6, 6.07) is 6.07. The summed E-state index contributed by atoms with van der Waals surface area (Å²) in [6.07, 6.45) is 6.36. The van der Waals surface area contributed by atoms with Crippen molar-refractivity contribution in [2.45, 2.75) is 71.8 Å². The maximum absolute atomic E-state index is 9.60. The standard InChI is InChI=1S/C22H39NO3/c1-17(2)9-7-6-8-14-26-20-11-10-19(15-21(20)25-5)12-13-22(23,16-24)18(3)4/h10-11,15,17-18,24H,6-9,12-14,16,23H2,1-5H3. The number of aliphatic hydroxyl groups excluding tert-OH is 1. The van der Waals surface area contributed by atoms with Crippen LogP contribution < -0.4 is 15.2 Å². The van der Waals surface area contributed by atoms with Crippen LogP contribution in [0, 0.1) is 11.8 Å². The third-order valence-electron chi connectivity index (χ3n) is 5.23. The molecule has 4 heteroatoms. The molecule has 0 heterocycles. The lowest BCUT2D eigenvalue weighted by atomic mass is 9.83. The summed E-state index contributed by atoms with van der Waals surface area (Å²) in [5.74, 6) is 2.57. The predicted molar refractivity (Wildman–Crippen MR) is 109 cm³/mol. The van der Waals surface area contributed by atoms with E-state index in [1.165, 1.54) is 19.3 Å². The number of ether oxygens (including phenoxy) is 2. The molecule has 26 heavy (non-hydrogen) atoms. The molecular formula is C22H39NO3. The highest BCUT2D eigenvalue weighted by Gasteiger charge is 2.27. The molecule has 0 aliphatic carbocycles. The van der Waals surface area contributed by atoms with E-state index in [0.29, 0.717) is 0 Å². The van der Waals surface area contributed by atoms with E-state index in [1.807, 2.05) is 12.1 Å². The molecule has 0 aromatic heterocycles. The Hall–Kier alpha value is -1.26. The van der Waals surface area contributed by atoms with Crippen LogP contribution in [0.1, 0.15) is 65.4 Å². The van der Waals surface area contributed by atoms with Crippen molar-refractivity contribution in [2.24, 2.45) is 17.6 Å². The van der Waals surface area contributed by atoms with Crippen molar-refractivity contribution in [3.8, 4) is 11.5 Å². The summed E-state index contributed by atoms with van der Waals surface area (Å²) in [6.45, 7) is 9.35. The summed E-state index contributed by atoms with van der Waals surface area (Å²) in [5.41, 5.74) is 6.91. The SMILES string of the molecule is COc1cc(CCC(N)(CO)C(C)C)ccc1OCCCCCC(C)C. The van der Waals surface area contributed by atoms with Gasteiger partial charge in [0.05, 0.1) is 20.3 Å². The Morgan fingerprint density at radius 2 is 1.81 bits per heavy atom. The van der Waals surface area contributed by atoms with Crippen molar-refractivity contribution in [1.29, 1.82) is 0 Å². The first-order valence-electron chi connectivity index (χ1n) is 10.0. The van der Waals surface area contributed by atoms with E-state index in [-0.39, 0.29) is 12.5 Å². The van der Waals surface area contributed by atoms with Crippen molar-refractivity contribution in [3.05, 3.63) is 23.8 Å². The van der Waals surface area contributed by atoms with Crippen molar-refractivity contribution < 1.29 is 14.6 Å². The van der Waals surface area contributed by atoms with E-state index in [0.717, 1.165) is 48.8 Å². The quantitative estimate of drug-likeness (QED) is 0.503. The molecule has 0 fully saturated rings. The first-order valence-corrected chi connectivity index (χ1v) is 10.0. The van der Waals surface area contributed by atoms with Gasteiger partial charge in [-0.2, -0.15) is 0 Å². The van der Waals surface area contributed by atoms with Gasteiger partial charge in [0, 0.05) is 5.54 Å². The van der Waals surface area contributed by atoms with Crippen molar-refractivity contribution in [3.63, 3.8) is 0 Å². The summed E-state index contributed by atoms with van der Waals surface area (Å²) < 4.78 is 11.4. The van der Waals surface area contributed by atoms with Gasteiger partial charge in [0.1, 0.15) is 0 Å². The fourth-order valence-electron chi connectivity index (χ4n) is 2.93. The fourth-order valence-corrected chi connectivity index (χ4v) is 2.93. The largest absolute Gasteiger partial charge is 0.493 e. The van der Waals surface area contributed by atoms with Gasteiger partial charge in [0.15, 0.2) is 11.5 Å². The predicted octanol–water partition coefficient (Wildman–Crippen LogP) is 4.57. The molecule has 0 aliphatic heterocycles. The Labute approximate surface area is 160 Å². The second kappa shape index (κ2) is 11.5. The Morgan fingerprint density at radius 3 is 2.38 bits per heavy atom. The highest BCUT2D eigenvalue weighted by molar-refractivity contribution is 5.43. The van der Waals surface area contributed by atoms with E-state index in [1.54, 1.807) is 7.11 Å². The minimum absolute atomic E-state index is 0.000193. The van der Waals surface area contributed by atoms with E-state index in [2.05, 4.69) is 33.8 Å². The van der Waals surface area contributed by atoms with Crippen molar-refractivity contribution in [1.82, 2.24) is 0 Å². The number of methoxy groups -OCH3 is 1. The Bertz CT molecular complexity index is 516. The Balaban J connectivity index is 2.53. The van der Waals surface area contributed by atoms with Crippen LogP contribution in [0.4, 0.5) is 0 Å². The number of aliphatic hydroxyl groups is 1. The van der Waals surface area contributed by atoms with Crippen LogP contribution in [0.2, 0.25) is 0 Å². The number of aryl methyl sites for hydroxylation is 1. The van der Waals surface area contributed by atoms with Gasteiger partial charge in [-0.05, 0) is 48.8 Å². The van der Waals surface area contributed by atoms with Gasteiger partial charge in [-0.15, -0.1) is 0 Å². The molecule has 3 N–H and O–H groups in total. The van der Waals surface area contributed by atoms with Crippen molar-refractivity contribution >= 4 is 0 Å². The van der Waals surface area contributed by atoms with Crippen LogP contribution in [-0.2, 0) is 6.42 Å². The number of hydrogen-bond donors (Lipinski definition) is 2. The molecule has 1 aromatic carbocycles. The van der Waals surface area contributed by atoms with Gasteiger partial charge in [-0.1, -0.05) is 53.0 Å². The van der Waals surface area contributed by atoms with Crippen molar-refractivity contribution in [2.75, 3.05) is 20.3 Å². The monoisotopic (exact) mass is 365 g/mol. The molecule has 0 bridgehead atoms. The van der Waals surface area contributed by atoms with Crippen LogP contribution in [0.25, 0.3) is 0 Å². The number of nitrogens with two attached hydrogens (primary N) is 1. The number of unbranched alkanes of at least 4 members (excludes halogenated alkanes) is 2. The Morgan fingerprint density at radius 1 is 1.08 bits per heavy atom.